The van der Waals surface area contributed by atoms with Crippen molar-refractivity contribution in [3.05, 3.63) is 35.9 Å². The first-order valence-corrected chi connectivity index (χ1v) is 6.82. The molecule has 2 rings (SSSR count). The maximum Gasteiger partial charge on any atom is 0.327 e. The summed E-state index contributed by atoms with van der Waals surface area (Å²) >= 11 is 0. The van der Waals surface area contributed by atoms with Crippen molar-refractivity contribution in [2.24, 2.45) is 11.7 Å². The van der Waals surface area contributed by atoms with E-state index in [9.17, 15) is 4.79 Å². The van der Waals surface area contributed by atoms with Crippen molar-refractivity contribution in [1.82, 2.24) is 4.90 Å². The lowest BCUT2D eigenvalue weighted by Crippen LogP contribution is -2.33. The number of hydrogen-bond acceptors (Lipinski definition) is 4. The molecule has 1 aromatic rings. The number of nitrogens with zero attached hydrogens (tertiary/aromatic N) is 1. The number of likely N-dealkylation sites (tertiary alicyclic amines) is 1. The Morgan fingerprint density at radius 1 is 1.35 bits per heavy atom. The molecule has 0 spiro atoms. The molecular weight excluding hydrogens is 252 g/mol. The minimum absolute atomic E-state index is 0. The molecule has 1 fully saturated rings. The van der Waals surface area contributed by atoms with Crippen LogP contribution in [0.1, 0.15) is 31.9 Å². The standard InChI is InChI=1S/C15H22N2O2.CH4/c1-17-9-7-12(8-10-17)11-19-15(18)14(16)13-5-3-2-4-6-13;/h2-6,12,14H,7-11,16H2,1H3;1H4. The third-order valence-electron chi connectivity index (χ3n) is 3.71. The second kappa shape index (κ2) is 8.02. The van der Waals surface area contributed by atoms with Crippen LogP contribution in [0.15, 0.2) is 30.3 Å². The lowest BCUT2D eigenvalue weighted by atomic mass is 9.98. The molecule has 1 aromatic carbocycles. The van der Waals surface area contributed by atoms with Gasteiger partial charge in [0.15, 0.2) is 0 Å². The Morgan fingerprint density at radius 3 is 2.55 bits per heavy atom. The number of carbonyl (C=O) groups is 1. The zero-order valence-electron chi connectivity index (χ0n) is 11.4. The molecule has 2 N–H and O–H groups in total. The molecule has 1 aliphatic rings. The third kappa shape index (κ3) is 4.62. The second-order valence-corrected chi connectivity index (χ2v) is 5.27. The number of benzene rings is 1. The van der Waals surface area contributed by atoms with Gasteiger partial charge in [0, 0.05) is 0 Å². The van der Waals surface area contributed by atoms with Gasteiger partial charge in [0.05, 0.1) is 6.61 Å². The SMILES string of the molecule is C.CN1CCC(COC(=O)C(N)c2ccccc2)CC1. The molecule has 1 atom stereocenters. The normalized spacial score (nSPS) is 18.1. The predicted octanol–water partition coefficient (Wildman–Crippen LogP) is 2.21. The van der Waals surface area contributed by atoms with E-state index in [0.29, 0.717) is 12.5 Å². The fourth-order valence-corrected chi connectivity index (χ4v) is 2.31. The van der Waals surface area contributed by atoms with Crippen LogP contribution in [0.4, 0.5) is 0 Å². The highest BCUT2D eigenvalue weighted by Gasteiger charge is 2.21. The highest BCUT2D eigenvalue weighted by Crippen LogP contribution is 2.18. The lowest BCUT2D eigenvalue weighted by Gasteiger charge is -2.28. The van der Waals surface area contributed by atoms with Crippen LogP contribution in [-0.4, -0.2) is 37.6 Å². The molecule has 0 aromatic heterocycles. The monoisotopic (exact) mass is 278 g/mol. The van der Waals surface area contributed by atoms with Crippen LogP contribution in [0.2, 0.25) is 0 Å². The maximum absolute atomic E-state index is 11.9. The van der Waals surface area contributed by atoms with E-state index in [2.05, 4.69) is 11.9 Å². The number of ether oxygens (including phenoxy) is 1. The summed E-state index contributed by atoms with van der Waals surface area (Å²) in [7, 11) is 2.12. The summed E-state index contributed by atoms with van der Waals surface area (Å²) in [5, 5.41) is 0. The van der Waals surface area contributed by atoms with E-state index in [-0.39, 0.29) is 13.4 Å². The molecule has 0 saturated carbocycles. The number of rotatable bonds is 4. The molecule has 1 saturated heterocycles. The van der Waals surface area contributed by atoms with Crippen LogP contribution in [0.25, 0.3) is 0 Å². The minimum atomic E-state index is -0.674. The highest BCUT2D eigenvalue weighted by atomic mass is 16.5. The summed E-state index contributed by atoms with van der Waals surface area (Å²) in [5.74, 6) is 0.147. The van der Waals surface area contributed by atoms with E-state index in [1.165, 1.54) is 0 Å². The van der Waals surface area contributed by atoms with Crippen molar-refractivity contribution in [3.8, 4) is 0 Å². The Balaban J connectivity index is 0.00000200. The summed E-state index contributed by atoms with van der Waals surface area (Å²) < 4.78 is 5.35. The second-order valence-electron chi connectivity index (χ2n) is 5.27. The van der Waals surface area contributed by atoms with Gasteiger partial charge >= 0.3 is 5.97 Å². The van der Waals surface area contributed by atoms with Crippen molar-refractivity contribution in [1.29, 1.82) is 0 Å². The number of nitrogens with two attached hydrogens (primary N) is 1. The first kappa shape index (κ1) is 16.7. The van der Waals surface area contributed by atoms with Crippen molar-refractivity contribution >= 4 is 5.97 Å². The van der Waals surface area contributed by atoms with E-state index in [1.807, 2.05) is 30.3 Å². The maximum atomic E-state index is 11.9. The van der Waals surface area contributed by atoms with Crippen LogP contribution < -0.4 is 5.73 Å². The molecule has 1 heterocycles. The molecule has 1 aliphatic heterocycles. The first-order chi connectivity index (χ1) is 9.16. The van der Waals surface area contributed by atoms with E-state index >= 15 is 0 Å². The Morgan fingerprint density at radius 2 is 1.95 bits per heavy atom. The van der Waals surface area contributed by atoms with E-state index < -0.39 is 6.04 Å². The molecule has 0 aliphatic carbocycles. The number of piperidine rings is 1. The van der Waals surface area contributed by atoms with Gasteiger partial charge in [-0.1, -0.05) is 37.8 Å². The fourth-order valence-electron chi connectivity index (χ4n) is 2.31. The molecule has 112 valence electrons. The Labute approximate surface area is 121 Å². The minimum Gasteiger partial charge on any atom is -0.464 e. The molecule has 0 amide bonds. The van der Waals surface area contributed by atoms with Crippen LogP contribution in [0.5, 0.6) is 0 Å². The average molecular weight is 278 g/mol. The van der Waals surface area contributed by atoms with Crippen LogP contribution in [0.3, 0.4) is 0 Å². The van der Waals surface area contributed by atoms with Gasteiger partial charge in [-0.3, -0.25) is 0 Å². The number of carbonyl (C=O) groups excluding carboxylic acids is 1. The Kier molecular flexibility index (Phi) is 6.68. The van der Waals surface area contributed by atoms with Gasteiger partial charge in [0.1, 0.15) is 6.04 Å². The molecule has 4 heteroatoms. The molecule has 0 radical (unpaired) electrons. The lowest BCUT2D eigenvalue weighted by molar-refractivity contribution is -0.147. The summed E-state index contributed by atoms with van der Waals surface area (Å²) in [6.07, 6.45) is 2.18. The van der Waals surface area contributed by atoms with Gasteiger partial charge in [-0.05, 0) is 44.5 Å². The first-order valence-electron chi connectivity index (χ1n) is 6.82. The van der Waals surface area contributed by atoms with Gasteiger partial charge in [0.2, 0.25) is 0 Å². The third-order valence-corrected chi connectivity index (χ3v) is 3.71. The van der Waals surface area contributed by atoms with Crippen LogP contribution in [-0.2, 0) is 9.53 Å². The zero-order chi connectivity index (χ0) is 13.7. The smallest absolute Gasteiger partial charge is 0.327 e. The average Bonchev–Trinajstić information content (AvgIpc) is 2.46. The fraction of sp³-hybridized carbons (Fsp3) is 0.562. The Hall–Kier alpha value is -1.39. The zero-order valence-corrected chi connectivity index (χ0v) is 11.4. The van der Waals surface area contributed by atoms with Gasteiger partial charge in [-0.25, -0.2) is 4.79 Å². The summed E-state index contributed by atoms with van der Waals surface area (Å²) in [6, 6.07) is 8.68. The predicted molar refractivity (Wildman–Crippen MR) is 81.3 cm³/mol. The van der Waals surface area contributed by atoms with Crippen LogP contribution in [0, 0.1) is 5.92 Å². The van der Waals surface area contributed by atoms with Crippen molar-refractivity contribution in [3.63, 3.8) is 0 Å². The quantitative estimate of drug-likeness (QED) is 0.858. The van der Waals surface area contributed by atoms with Gasteiger partial charge < -0.3 is 15.4 Å². The van der Waals surface area contributed by atoms with Gasteiger partial charge in [0.25, 0.3) is 0 Å². The topological polar surface area (TPSA) is 55.6 Å². The van der Waals surface area contributed by atoms with E-state index in [0.717, 1.165) is 31.5 Å². The summed E-state index contributed by atoms with van der Waals surface area (Å²) in [4.78, 5) is 14.2. The highest BCUT2D eigenvalue weighted by molar-refractivity contribution is 5.77. The van der Waals surface area contributed by atoms with E-state index in [4.69, 9.17) is 10.5 Å². The molecule has 0 bridgehead atoms. The van der Waals surface area contributed by atoms with Crippen molar-refractivity contribution in [2.75, 3.05) is 26.7 Å². The number of hydrogen-bond donors (Lipinski definition) is 1. The molecule has 1 unspecified atom stereocenters. The van der Waals surface area contributed by atoms with Crippen molar-refractivity contribution in [2.45, 2.75) is 26.3 Å². The Bertz CT molecular complexity index is 400. The molecule has 4 nitrogen and oxygen atoms in total. The molecular formula is C16H26N2O2. The van der Waals surface area contributed by atoms with Crippen molar-refractivity contribution < 1.29 is 9.53 Å². The molecule has 20 heavy (non-hydrogen) atoms. The van der Waals surface area contributed by atoms with Gasteiger partial charge in [-0.2, -0.15) is 0 Å². The largest absolute Gasteiger partial charge is 0.464 e. The van der Waals surface area contributed by atoms with Gasteiger partial charge in [-0.15, -0.1) is 0 Å². The van der Waals surface area contributed by atoms with E-state index in [1.54, 1.807) is 0 Å². The summed E-state index contributed by atoms with van der Waals surface area (Å²) in [5.41, 5.74) is 6.70. The summed E-state index contributed by atoms with van der Waals surface area (Å²) in [6.45, 7) is 2.65. The van der Waals surface area contributed by atoms with Crippen LogP contribution >= 0.6 is 0 Å². The number of esters is 1.